The van der Waals surface area contributed by atoms with Crippen LogP contribution in [0.3, 0.4) is 0 Å². The number of esters is 3. The van der Waals surface area contributed by atoms with E-state index in [2.05, 4.69) is 5.32 Å². The van der Waals surface area contributed by atoms with Crippen LogP contribution in [0.5, 0.6) is 0 Å². The molecule has 3 saturated carbocycles. The lowest BCUT2D eigenvalue weighted by atomic mass is 9.40. The highest BCUT2D eigenvalue weighted by atomic mass is 16.7. The molecular formula is C61H75NO16. The number of nitrogens with one attached hydrogen (secondary N) is 1. The van der Waals surface area contributed by atoms with Crippen LogP contribution in [0.1, 0.15) is 130 Å². The summed E-state index contributed by atoms with van der Waals surface area (Å²) in [6.07, 6.45) is -5.47. The molecule has 3 aromatic rings. The van der Waals surface area contributed by atoms with Gasteiger partial charge in [0.25, 0.3) is 0 Å². The number of benzene rings is 3. The molecule has 78 heavy (non-hydrogen) atoms. The summed E-state index contributed by atoms with van der Waals surface area (Å²) in [4.78, 5) is 101. The topological polar surface area (TPSA) is 226 Å². The molecular weight excluding hydrogens is 1000 g/mol. The molecule has 17 heteroatoms. The molecule has 0 aromatic heterocycles. The number of fused-ring (bicyclic) bond motifs is 5. The van der Waals surface area contributed by atoms with Gasteiger partial charge in [-0.25, -0.2) is 24.0 Å². The van der Waals surface area contributed by atoms with Crippen LogP contribution in [0.4, 0.5) is 14.4 Å². The molecule has 1 amide bonds. The highest BCUT2D eigenvalue weighted by Gasteiger charge is 2.77. The smallest absolute Gasteiger partial charge is 0.458 e. The van der Waals surface area contributed by atoms with Gasteiger partial charge in [-0.2, -0.15) is 0 Å². The third-order valence-electron chi connectivity index (χ3n) is 16.5. The minimum atomic E-state index is -2.31. The van der Waals surface area contributed by atoms with Crippen LogP contribution in [0, 0.1) is 34.5 Å². The Hall–Kier alpha value is -7.01. The van der Waals surface area contributed by atoms with Crippen molar-refractivity contribution in [3.8, 4) is 0 Å². The minimum Gasteiger partial charge on any atom is -0.458 e. The van der Waals surface area contributed by atoms with Gasteiger partial charge in [-0.3, -0.25) is 9.59 Å². The van der Waals surface area contributed by atoms with Crippen molar-refractivity contribution in [1.29, 1.82) is 0 Å². The van der Waals surface area contributed by atoms with E-state index in [1.54, 1.807) is 148 Å². The maximum absolute atomic E-state index is 16.2. The summed E-state index contributed by atoms with van der Waals surface area (Å²) in [6.45, 7) is 17.8. The maximum Gasteiger partial charge on any atom is 0.509 e. The quantitative estimate of drug-likeness (QED) is 0.0773. The van der Waals surface area contributed by atoms with Crippen molar-refractivity contribution in [3.63, 3.8) is 0 Å². The molecule has 12 atom stereocenters. The van der Waals surface area contributed by atoms with E-state index in [4.69, 9.17) is 37.9 Å². The molecule has 2 N–H and O–H groups in total. The van der Waals surface area contributed by atoms with E-state index in [1.165, 1.54) is 19.1 Å². The summed E-state index contributed by atoms with van der Waals surface area (Å²) >= 11 is 0. The third-order valence-corrected chi connectivity index (χ3v) is 16.5. The van der Waals surface area contributed by atoms with E-state index in [-0.39, 0.29) is 31.6 Å². The van der Waals surface area contributed by atoms with Crippen LogP contribution >= 0.6 is 0 Å². The molecule has 0 radical (unpaired) electrons. The van der Waals surface area contributed by atoms with Gasteiger partial charge in [0.05, 0.1) is 22.9 Å². The molecule has 3 aromatic carbocycles. The SMILES string of the molecule is C/C=C\C[C@H](C)[C@H](NC(=O)OC(C)(C)C)[C@@H](OC(=O)OCc1ccccc1)C(=O)O[C@H]1CC2(O)C(OC(=O)c3ccccc3)C3C(C)(C(=O)C(C)C(=C1C)C2(C)C)C(OC(=O)OCc1ccccc1)CC1CC[C@]13OC(C)=O. The van der Waals surface area contributed by atoms with E-state index in [9.17, 15) is 29.1 Å². The number of Topliss-reactive ketones (excluding diaryl/α,β-unsaturated/α-hetero) is 1. The van der Waals surface area contributed by atoms with Gasteiger partial charge in [0, 0.05) is 30.6 Å². The Morgan fingerprint density at radius 1 is 0.833 bits per heavy atom. The van der Waals surface area contributed by atoms with Crippen LogP contribution in [0.25, 0.3) is 0 Å². The van der Waals surface area contributed by atoms with Crippen LogP contribution in [-0.2, 0) is 65.5 Å². The van der Waals surface area contributed by atoms with Gasteiger partial charge in [0.2, 0.25) is 6.10 Å². The van der Waals surface area contributed by atoms with E-state index in [0.717, 1.165) is 0 Å². The highest BCUT2D eigenvalue weighted by molar-refractivity contribution is 5.93. The fourth-order valence-electron chi connectivity index (χ4n) is 12.6. The van der Waals surface area contributed by atoms with Crippen molar-refractivity contribution < 1.29 is 76.6 Å². The predicted octanol–water partition coefficient (Wildman–Crippen LogP) is 10.5. The zero-order valence-corrected chi connectivity index (χ0v) is 46.5. The number of hydrogen-bond acceptors (Lipinski definition) is 16. The van der Waals surface area contributed by atoms with E-state index >= 15 is 9.59 Å². The minimum absolute atomic E-state index is 0.0543. The number of alkyl carbamates (subject to hydrolysis) is 1. The molecule has 0 aliphatic heterocycles. The highest BCUT2D eigenvalue weighted by Crippen LogP contribution is 2.68. The fraction of sp³-hybridized carbons (Fsp3) is 0.525. The molecule has 0 saturated heterocycles. The maximum atomic E-state index is 16.2. The Balaban J connectivity index is 1.37. The molecule has 17 nitrogen and oxygen atoms in total. The summed E-state index contributed by atoms with van der Waals surface area (Å²) in [5.41, 5.74) is -6.09. The first-order chi connectivity index (χ1) is 36.8. The Morgan fingerprint density at radius 3 is 1.95 bits per heavy atom. The number of carbonyl (C=O) groups is 7. The summed E-state index contributed by atoms with van der Waals surface area (Å²) in [5.74, 6) is -6.94. The Kier molecular flexibility index (Phi) is 17.7. The summed E-state index contributed by atoms with van der Waals surface area (Å²) in [7, 11) is 0. The van der Waals surface area contributed by atoms with Crippen LogP contribution in [0.2, 0.25) is 0 Å². The van der Waals surface area contributed by atoms with E-state index in [1.807, 2.05) is 12.1 Å². The molecule has 3 fully saturated rings. The average molecular weight is 1080 g/mol. The average Bonchev–Trinajstić information content (AvgIpc) is 3.55. The first-order valence-corrected chi connectivity index (χ1v) is 26.8. The molecule has 0 heterocycles. The van der Waals surface area contributed by atoms with Gasteiger partial charge in [0.1, 0.15) is 54.1 Å². The zero-order chi connectivity index (χ0) is 57.0. The van der Waals surface area contributed by atoms with Crippen LogP contribution < -0.4 is 5.32 Å². The normalized spacial score (nSPS) is 28.3. The van der Waals surface area contributed by atoms with E-state index < -0.39 is 130 Å². The largest absolute Gasteiger partial charge is 0.509 e. The Bertz CT molecular complexity index is 2750. The number of aliphatic hydroxyl groups is 1. The second-order valence-electron chi connectivity index (χ2n) is 23.0. The van der Waals surface area contributed by atoms with Crippen molar-refractivity contribution in [2.24, 2.45) is 34.5 Å². The zero-order valence-electron chi connectivity index (χ0n) is 46.5. The second-order valence-corrected chi connectivity index (χ2v) is 23.0. The number of carbonyl (C=O) groups excluding carboxylic acids is 7. The van der Waals surface area contributed by atoms with Gasteiger partial charge < -0.3 is 48.3 Å². The van der Waals surface area contributed by atoms with Gasteiger partial charge in [-0.1, -0.05) is 119 Å². The lowest BCUT2D eigenvalue weighted by Crippen LogP contribution is -2.78. The molecule has 4 aliphatic carbocycles. The van der Waals surface area contributed by atoms with Crippen LogP contribution in [0.15, 0.2) is 114 Å². The summed E-state index contributed by atoms with van der Waals surface area (Å²) in [5, 5.41) is 17.0. The first kappa shape index (κ1) is 58.7. The number of ether oxygens (including phenoxy) is 8. The third kappa shape index (κ3) is 12.0. The number of amides is 1. The first-order valence-electron chi connectivity index (χ1n) is 26.8. The Morgan fingerprint density at radius 2 is 1.41 bits per heavy atom. The molecule has 0 spiro atoms. The van der Waals surface area contributed by atoms with Crippen molar-refractivity contribution in [1.82, 2.24) is 5.32 Å². The molecule has 2 bridgehead atoms. The molecule has 420 valence electrons. The molecule has 7 unspecified atom stereocenters. The Labute approximate surface area is 456 Å². The van der Waals surface area contributed by atoms with Crippen molar-refractivity contribution in [3.05, 3.63) is 131 Å². The lowest BCUT2D eigenvalue weighted by molar-refractivity contribution is -0.295. The van der Waals surface area contributed by atoms with Crippen molar-refractivity contribution in [2.75, 3.05) is 0 Å². The van der Waals surface area contributed by atoms with Crippen molar-refractivity contribution in [2.45, 2.75) is 169 Å². The summed E-state index contributed by atoms with van der Waals surface area (Å²) < 4.78 is 48.5. The van der Waals surface area contributed by atoms with Gasteiger partial charge in [-0.15, -0.1) is 0 Å². The number of hydrogen-bond donors (Lipinski definition) is 2. The van der Waals surface area contributed by atoms with Gasteiger partial charge >= 0.3 is 36.3 Å². The van der Waals surface area contributed by atoms with Crippen LogP contribution in [-0.4, -0.2) is 94.5 Å². The lowest BCUT2D eigenvalue weighted by Gasteiger charge is -2.68. The fourth-order valence-corrected chi connectivity index (χ4v) is 12.6. The van der Waals surface area contributed by atoms with E-state index in [0.29, 0.717) is 35.1 Å². The summed E-state index contributed by atoms with van der Waals surface area (Å²) in [6, 6.07) is 24.5. The molecule has 7 rings (SSSR count). The molecule has 4 aliphatic rings. The van der Waals surface area contributed by atoms with Crippen molar-refractivity contribution >= 4 is 42.1 Å². The number of allylic oxidation sites excluding steroid dienone is 2. The number of rotatable bonds is 16. The van der Waals surface area contributed by atoms with Gasteiger partial charge in [-0.05, 0) is 108 Å². The second kappa shape index (κ2) is 23.5. The standard InChI is InChI=1S/C61H75NO16/c1-12-13-23-36(2)47(62-54(67)78-57(6,7)8)48(75-56(69)72-35-41-26-19-15-20-27-41)53(66)73-44-33-61(70)51(76-52(65)42-28-21-16-22-29-42)49-59(11,50(64)38(4)46(37(44)3)58(61,9)10)45(32-43-30-31-60(43,49)77-39(5)63)74-55(68)71-34-40-24-17-14-18-25-40/h12-22,24-29,36,38,43-45,47-49,51,70H,23,30-35H2,1-11H3,(H,62,67)/b13-12-/t36-,38?,43?,44-,45?,47-,48+,49?,51?,59?,60-,61?/m0/s1. The predicted molar refractivity (Wildman–Crippen MR) is 284 cm³/mol. The van der Waals surface area contributed by atoms with Gasteiger partial charge in [0.15, 0.2) is 0 Å². The number of ketones is 1. The monoisotopic (exact) mass is 1080 g/mol.